The number of para-hydroxylation sites is 1. The molecule has 1 aromatic heterocycles. The second-order valence-corrected chi connectivity index (χ2v) is 10.1. The molecule has 4 nitrogen and oxygen atoms in total. The number of benzene rings is 2. The SMILES string of the molecule is N#Cc1cc2c(nc1SCC(=O)N1c3ccccc3Sc3ccc(C(F)(F)F)cc31)CCCC2. The van der Waals surface area contributed by atoms with Crippen molar-refractivity contribution < 1.29 is 18.0 Å². The molecular weight excluding hydrogens is 479 g/mol. The molecule has 172 valence electrons. The van der Waals surface area contributed by atoms with Crippen LogP contribution in [-0.4, -0.2) is 16.6 Å². The number of amides is 1. The molecule has 1 amide bonds. The fourth-order valence-electron chi connectivity index (χ4n) is 4.20. The first kappa shape index (κ1) is 22.8. The number of pyridine rings is 1. The molecule has 2 heterocycles. The normalized spacial score (nSPS) is 14.6. The van der Waals surface area contributed by atoms with Crippen molar-refractivity contribution in [3.8, 4) is 6.07 Å². The summed E-state index contributed by atoms with van der Waals surface area (Å²) < 4.78 is 40.3. The maximum atomic E-state index is 13.5. The lowest BCUT2D eigenvalue weighted by Gasteiger charge is -2.31. The van der Waals surface area contributed by atoms with E-state index in [0.29, 0.717) is 21.2 Å². The molecule has 0 atom stereocenters. The number of anilines is 2. The van der Waals surface area contributed by atoms with Crippen LogP contribution in [0, 0.1) is 11.3 Å². The van der Waals surface area contributed by atoms with E-state index in [9.17, 15) is 23.2 Å². The number of aromatic nitrogens is 1. The lowest BCUT2D eigenvalue weighted by Crippen LogP contribution is -2.30. The van der Waals surface area contributed by atoms with Gasteiger partial charge in [-0.3, -0.25) is 9.69 Å². The molecule has 34 heavy (non-hydrogen) atoms. The van der Waals surface area contributed by atoms with Gasteiger partial charge in [0.25, 0.3) is 0 Å². The van der Waals surface area contributed by atoms with Crippen LogP contribution in [0.1, 0.15) is 35.2 Å². The molecule has 0 radical (unpaired) electrons. The van der Waals surface area contributed by atoms with Gasteiger partial charge >= 0.3 is 6.18 Å². The quantitative estimate of drug-likeness (QED) is 0.374. The van der Waals surface area contributed by atoms with Gasteiger partial charge in [-0.1, -0.05) is 35.7 Å². The fraction of sp³-hybridized carbons (Fsp3) is 0.240. The highest BCUT2D eigenvalue weighted by Crippen LogP contribution is 2.49. The summed E-state index contributed by atoms with van der Waals surface area (Å²) in [6.45, 7) is 0. The number of carbonyl (C=O) groups is 1. The first-order valence-electron chi connectivity index (χ1n) is 10.7. The fourth-order valence-corrected chi connectivity index (χ4v) is 6.06. The smallest absolute Gasteiger partial charge is 0.278 e. The number of halogens is 3. The van der Waals surface area contributed by atoms with Crippen LogP contribution < -0.4 is 4.90 Å². The Morgan fingerprint density at radius 1 is 1.09 bits per heavy atom. The Bertz CT molecular complexity index is 1330. The number of fused-ring (bicyclic) bond motifs is 3. The Balaban J connectivity index is 1.48. The van der Waals surface area contributed by atoms with Gasteiger partial charge in [0.2, 0.25) is 5.91 Å². The van der Waals surface area contributed by atoms with E-state index < -0.39 is 11.7 Å². The summed E-state index contributed by atoms with van der Waals surface area (Å²) in [6.07, 6.45) is -0.686. The van der Waals surface area contributed by atoms with E-state index >= 15 is 0 Å². The number of aryl methyl sites for hydroxylation is 2. The average Bonchev–Trinajstić information content (AvgIpc) is 2.84. The van der Waals surface area contributed by atoms with Crippen LogP contribution in [0.15, 0.2) is 63.3 Å². The number of thioether (sulfide) groups is 1. The predicted octanol–water partition coefficient (Wildman–Crippen LogP) is 6.77. The van der Waals surface area contributed by atoms with Gasteiger partial charge in [-0.2, -0.15) is 18.4 Å². The van der Waals surface area contributed by atoms with Crippen molar-refractivity contribution in [2.45, 2.75) is 46.7 Å². The Morgan fingerprint density at radius 2 is 1.85 bits per heavy atom. The van der Waals surface area contributed by atoms with Crippen molar-refractivity contribution in [1.82, 2.24) is 4.98 Å². The highest BCUT2D eigenvalue weighted by Gasteiger charge is 2.35. The zero-order valence-electron chi connectivity index (χ0n) is 17.9. The number of carbonyl (C=O) groups excluding carboxylic acids is 1. The Hall–Kier alpha value is -2.96. The van der Waals surface area contributed by atoms with Crippen molar-refractivity contribution in [2.24, 2.45) is 0 Å². The minimum Gasteiger partial charge on any atom is -0.278 e. The molecule has 0 fully saturated rings. The molecular formula is C25H18F3N3OS2. The zero-order valence-corrected chi connectivity index (χ0v) is 19.5. The Labute approximate surface area is 203 Å². The van der Waals surface area contributed by atoms with Crippen LogP contribution in [0.5, 0.6) is 0 Å². The summed E-state index contributed by atoms with van der Waals surface area (Å²) in [4.78, 5) is 20.8. The third kappa shape index (κ3) is 4.28. The van der Waals surface area contributed by atoms with Crippen LogP contribution in [0.3, 0.4) is 0 Å². The number of hydrogen-bond donors (Lipinski definition) is 0. The predicted molar refractivity (Wildman–Crippen MR) is 125 cm³/mol. The summed E-state index contributed by atoms with van der Waals surface area (Å²) in [5.74, 6) is -0.434. The lowest BCUT2D eigenvalue weighted by atomic mass is 9.95. The van der Waals surface area contributed by atoms with Crippen molar-refractivity contribution >= 4 is 40.8 Å². The maximum Gasteiger partial charge on any atom is 0.416 e. The van der Waals surface area contributed by atoms with Gasteiger partial charge in [0.15, 0.2) is 0 Å². The highest BCUT2D eigenvalue weighted by molar-refractivity contribution is 8.00. The molecule has 3 aromatic rings. The second kappa shape index (κ2) is 9.01. The van der Waals surface area contributed by atoms with E-state index in [1.54, 1.807) is 12.1 Å². The van der Waals surface area contributed by atoms with E-state index in [-0.39, 0.29) is 17.3 Å². The summed E-state index contributed by atoms with van der Waals surface area (Å²) in [7, 11) is 0. The van der Waals surface area contributed by atoms with E-state index in [2.05, 4.69) is 11.1 Å². The minimum atomic E-state index is -4.52. The molecule has 0 saturated carbocycles. The Morgan fingerprint density at radius 3 is 2.65 bits per heavy atom. The van der Waals surface area contributed by atoms with E-state index in [1.165, 1.54) is 22.7 Å². The summed E-state index contributed by atoms with van der Waals surface area (Å²) in [5, 5.41) is 10.1. The van der Waals surface area contributed by atoms with Gasteiger partial charge in [-0.15, -0.1) is 0 Å². The molecule has 1 aliphatic carbocycles. The van der Waals surface area contributed by atoms with Crippen molar-refractivity contribution in [3.63, 3.8) is 0 Å². The summed E-state index contributed by atoms with van der Waals surface area (Å²) in [5.41, 5.74) is 2.41. The molecule has 0 bridgehead atoms. The topological polar surface area (TPSA) is 57.0 Å². The average molecular weight is 498 g/mol. The highest BCUT2D eigenvalue weighted by atomic mass is 32.2. The maximum absolute atomic E-state index is 13.5. The van der Waals surface area contributed by atoms with Crippen LogP contribution in [0.25, 0.3) is 0 Å². The number of nitriles is 1. The lowest BCUT2D eigenvalue weighted by molar-refractivity contribution is -0.137. The number of alkyl halides is 3. The van der Waals surface area contributed by atoms with Crippen LogP contribution in [0.2, 0.25) is 0 Å². The van der Waals surface area contributed by atoms with Gasteiger partial charge < -0.3 is 0 Å². The van der Waals surface area contributed by atoms with Crippen LogP contribution in [0.4, 0.5) is 24.5 Å². The van der Waals surface area contributed by atoms with Crippen LogP contribution in [-0.2, 0) is 23.8 Å². The molecule has 0 spiro atoms. The summed E-state index contributed by atoms with van der Waals surface area (Å²) >= 11 is 2.49. The monoisotopic (exact) mass is 497 g/mol. The van der Waals surface area contributed by atoms with Crippen molar-refractivity contribution in [3.05, 3.63) is 70.9 Å². The Kier molecular flexibility index (Phi) is 6.04. The third-order valence-electron chi connectivity index (χ3n) is 5.82. The van der Waals surface area contributed by atoms with E-state index in [0.717, 1.165) is 65.7 Å². The van der Waals surface area contributed by atoms with Gasteiger partial charge in [0.1, 0.15) is 11.1 Å². The van der Waals surface area contributed by atoms with Gasteiger partial charge in [0.05, 0.1) is 28.3 Å². The number of hydrogen-bond acceptors (Lipinski definition) is 5. The van der Waals surface area contributed by atoms with E-state index in [4.69, 9.17) is 0 Å². The van der Waals surface area contributed by atoms with Gasteiger partial charge in [0, 0.05) is 15.5 Å². The molecule has 2 aliphatic rings. The molecule has 9 heteroatoms. The van der Waals surface area contributed by atoms with Gasteiger partial charge in [-0.05, 0) is 67.6 Å². The largest absolute Gasteiger partial charge is 0.416 e. The van der Waals surface area contributed by atoms with E-state index in [1.807, 2.05) is 18.2 Å². The van der Waals surface area contributed by atoms with Crippen LogP contribution >= 0.6 is 23.5 Å². The van der Waals surface area contributed by atoms with Crippen molar-refractivity contribution in [2.75, 3.05) is 10.7 Å². The third-order valence-corrected chi connectivity index (χ3v) is 7.93. The first-order valence-corrected chi connectivity index (χ1v) is 12.5. The molecule has 0 N–H and O–H groups in total. The molecule has 1 aliphatic heterocycles. The molecule has 2 aromatic carbocycles. The minimum absolute atomic E-state index is 0.0604. The van der Waals surface area contributed by atoms with Crippen molar-refractivity contribution in [1.29, 1.82) is 5.26 Å². The molecule has 0 saturated heterocycles. The number of rotatable bonds is 3. The first-order chi connectivity index (χ1) is 16.3. The zero-order chi connectivity index (χ0) is 23.9. The molecule has 0 unspecified atom stereocenters. The summed E-state index contributed by atoms with van der Waals surface area (Å²) in [6, 6.07) is 14.6. The number of nitrogens with zero attached hydrogens (tertiary/aromatic N) is 3. The standard InChI is InChI=1S/C25H18F3N3OS2/c26-25(27,28)17-9-10-22-20(12-17)31(19-7-3-4-8-21(19)34-22)23(32)14-33-24-16(13-29)11-15-5-1-2-6-18(15)30-24/h3-4,7-12H,1-2,5-6,14H2. The van der Waals surface area contributed by atoms with Gasteiger partial charge in [-0.25, -0.2) is 4.98 Å². The second-order valence-electron chi connectivity index (χ2n) is 8.03. The molecule has 5 rings (SSSR count).